The number of para-hydroxylation sites is 1. The third-order valence-electron chi connectivity index (χ3n) is 3.74. The maximum Gasteiger partial charge on any atom is 0.457 e. The third-order valence-corrected chi connectivity index (χ3v) is 3.74. The third kappa shape index (κ3) is 5.39. The molecule has 0 aromatic heterocycles. The van der Waals surface area contributed by atoms with Crippen molar-refractivity contribution in [3.63, 3.8) is 0 Å². The summed E-state index contributed by atoms with van der Waals surface area (Å²) < 4.78 is 17.2. The van der Waals surface area contributed by atoms with Crippen molar-refractivity contribution in [1.82, 2.24) is 5.32 Å². The van der Waals surface area contributed by atoms with E-state index in [4.69, 9.17) is 14.0 Å². The molecule has 1 fully saturated rings. The van der Waals surface area contributed by atoms with E-state index >= 15 is 0 Å². The number of nitrogens with one attached hydrogen (secondary N) is 1. The maximum absolute atomic E-state index is 5.80. The van der Waals surface area contributed by atoms with Gasteiger partial charge in [0.1, 0.15) is 11.5 Å². The van der Waals surface area contributed by atoms with E-state index in [0.29, 0.717) is 13.2 Å². The summed E-state index contributed by atoms with van der Waals surface area (Å²) in [6, 6.07) is 18.0. The van der Waals surface area contributed by atoms with Crippen LogP contribution < -0.4 is 10.1 Å². The molecule has 1 N–H and O–H groups in total. The lowest BCUT2D eigenvalue weighted by Crippen LogP contribution is -2.35. The molecule has 0 aliphatic carbocycles. The molecule has 0 spiro atoms. The Kier molecular flexibility index (Phi) is 6.09. The molecule has 1 aliphatic rings. The average Bonchev–Trinajstić information content (AvgIpc) is 2.56. The molecule has 5 heteroatoms. The van der Waals surface area contributed by atoms with Gasteiger partial charge in [0.05, 0.1) is 0 Å². The molecule has 3 rings (SSSR count). The van der Waals surface area contributed by atoms with E-state index in [-0.39, 0.29) is 7.12 Å². The standard InChI is InChI=1S/C18H22BNO3/c1-2-4-17(5-3-1)23-18-8-6-16(7-9-18)10-11-19-21-14-12-20-13-15-22-19/h1-9,20H,10-15H2. The van der Waals surface area contributed by atoms with Gasteiger partial charge in [-0.05, 0) is 42.6 Å². The lowest BCUT2D eigenvalue weighted by Gasteiger charge is -2.18. The van der Waals surface area contributed by atoms with Crippen molar-refractivity contribution >= 4 is 7.12 Å². The Labute approximate surface area is 137 Å². The quantitative estimate of drug-likeness (QED) is 0.861. The molecule has 0 amide bonds. The van der Waals surface area contributed by atoms with Crippen molar-refractivity contribution in [2.45, 2.75) is 12.7 Å². The zero-order valence-electron chi connectivity index (χ0n) is 13.2. The highest BCUT2D eigenvalue weighted by molar-refractivity contribution is 6.44. The number of hydrogen-bond donors (Lipinski definition) is 1. The summed E-state index contributed by atoms with van der Waals surface area (Å²) in [6.07, 6.45) is 1.81. The van der Waals surface area contributed by atoms with Gasteiger partial charge in [-0.15, -0.1) is 0 Å². The van der Waals surface area contributed by atoms with E-state index in [9.17, 15) is 0 Å². The zero-order chi connectivity index (χ0) is 15.7. The molecule has 0 atom stereocenters. The zero-order valence-corrected chi connectivity index (χ0v) is 13.2. The second-order valence-corrected chi connectivity index (χ2v) is 5.52. The average molecular weight is 311 g/mol. The van der Waals surface area contributed by atoms with Gasteiger partial charge in [0.15, 0.2) is 0 Å². The van der Waals surface area contributed by atoms with Gasteiger partial charge in [0, 0.05) is 26.3 Å². The van der Waals surface area contributed by atoms with Crippen LogP contribution in [0.25, 0.3) is 0 Å². The van der Waals surface area contributed by atoms with E-state index in [2.05, 4.69) is 17.4 Å². The Morgan fingerprint density at radius 3 is 2.22 bits per heavy atom. The molecule has 0 saturated carbocycles. The molecular formula is C18H22BNO3. The van der Waals surface area contributed by atoms with Crippen LogP contribution in [-0.4, -0.2) is 33.4 Å². The largest absolute Gasteiger partial charge is 0.457 e. The summed E-state index contributed by atoms with van der Waals surface area (Å²) in [5, 5.41) is 3.24. The predicted octanol–water partition coefficient (Wildman–Crippen LogP) is 3.15. The fourth-order valence-electron chi connectivity index (χ4n) is 2.50. The molecule has 2 aromatic rings. The highest BCUT2D eigenvalue weighted by Gasteiger charge is 2.19. The summed E-state index contributed by atoms with van der Waals surface area (Å²) >= 11 is 0. The van der Waals surface area contributed by atoms with Gasteiger partial charge in [0.25, 0.3) is 0 Å². The normalized spacial score (nSPS) is 15.7. The van der Waals surface area contributed by atoms with Crippen LogP contribution >= 0.6 is 0 Å². The molecule has 0 radical (unpaired) electrons. The molecule has 23 heavy (non-hydrogen) atoms. The monoisotopic (exact) mass is 311 g/mol. The summed E-state index contributed by atoms with van der Waals surface area (Å²) in [5.41, 5.74) is 1.26. The van der Waals surface area contributed by atoms with Gasteiger partial charge >= 0.3 is 7.12 Å². The Hall–Kier alpha value is -1.82. The molecule has 1 saturated heterocycles. The van der Waals surface area contributed by atoms with E-state index in [0.717, 1.165) is 37.3 Å². The lowest BCUT2D eigenvalue weighted by molar-refractivity contribution is 0.177. The summed E-state index contributed by atoms with van der Waals surface area (Å²) in [5.74, 6) is 1.70. The van der Waals surface area contributed by atoms with Crippen molar-refractivity contribution < 1.29 is 14.0 Å². The van der Waals surface area contributed by atoms with Crippen LogP contribution in [0.1, 0.15) is 5.56 Å². The highest BCUT2D eigenvalue weighted by Crippen LogP contribution is 2.21. The van der Waals surface area contributed by atoms with Crippen molar-refractivity contribution in [2.75, 3.05) is 26.3 Å². The molecule has 2 aromatic carbocycles. The smallest absolute Gasteiger partial charge is 0.457 e. The first kappa shape index (κ1) is 16.1. The Morgan fingerprint density at radius 2 is 1.52 bits per heavy atom. The van der Waals surface area contributed by atoms with Gasteiger partial charge in [0.2, 0.25) is 0 Å². The van der Waals surface area contributed by atoms with Gasteiger partial charge in [-0.25, -0.2) is 0 Å². The van der Waals surface area contributed by atoms with Gasteiger partial charge in [-0.1, -0.05) is 30.3 Å². The van der Waals surface area contributed by atoms with Gasteiger partial charge in [-0.2, -0.15) is 0 Å². The molecule has 0 unspecified atom stereocenters. The van der Waals surface area contributed by atoms with Crippen LogP contribution in [0.4, 0.5) is 0 Å². The van der Waals surface area contributed by atoms with Crippen LogP contribution in [0.3, 0.4) is 0 Å². The van der Waals surface area contributed by atoms with Crippen molar-refractivity contribution in [2.24, 2.45) is 0 Å². The molecule has 120 valence electrons. The number of benzene rings is 2. The highest BCUT2D eigenvalue weighted by atomic mass is 16.6. The maximum atomic E-state index is 5.80. The van der Waals surface area contributed by atoms with E-state index < -0.39 is 0 Å². The molecular weight excluding hydrogens is 289 g/mol. The molecule has 1 heterocycles. The summed E-state index contributed by atoms with van der Waals surface area (Å²) in [6.45, 7) is 3.19. The van der Waals surface area contributed by atoms with Crippen LogP contribution in [-0.2, 0) is 15.7 Å². The SMILES string of the molecule is c1ccc(Oc2ccc(CCB3OCCNCCO3)cc2)cc1. The predicted molar refractivity (Wildman–Crippen MR) is 92.0 cm³/mol. The second kappa shape index (κ2) is 8.72. The number of aryl methyl sites for hydroxylation is 1. The van der Waals surface area contributed by atoms with Gasteiger partial charge in [-0.3, -0.25) is 0 Å². The molecule has 1 aliphatic heterocycles. The lowest BCUT2D eigenvalue weighted by atomic mass is 9.81. The minimum atomic E-state index is -0.0997. The first-order valence-electron chi connectivity index (χ1n) is 8.16. The first-order chi connectivity index (χ1) is 11.4. The number of hydrogen-bond acceptors (Lipinski definition) is 4. The molecule has 0 bridgehead atoms. The van der Waals surface area contributed by atoms with E-state index in [1.807, 2.05) is 42.5 Å². The minimum absolute atomic E-state index is 0.0997. The fourth-order valence-corrected chi connectivity index (χ4v) is 2.50. The Bertz CT molecular complexity index is 569. The minimum Gasteiger partial charge on any atom is -0.457 e. The fraction of sp³-hybridized carbons (Fsp3) is 0.333. The van der Waals surface area contributed by atoms with Crippen molar-refractivity contribution in [3.8, 4) is 11.5 Å². The van der Waals surface area contributed by atoms with E-state index in [1.54, 1.807) is 0 Å². The number of ether oxygens (including phenoxy) is 1. The van der Waals surface area contributed by atoms with Crippen LogP contribution in [0, 0.1) is 0 Å². The number of rotatable bonds is 5. The van der Waals surface area contributed by atoms with Crippen molar-refractivity contribution in [1.29, 1.82) is 0 Å². The second-order valence-electron chi connectivity index (χ2n) is 5.52. The molecule has 4 nitrogen and oxygen atoms in total. The van der Waals surface area contributed by atoms with Crippen LogP contribution in [0.2, 0.25) is 6.32 Å². The first-order valence-corrected chi connectivity index (χ1v) is 8.16. The topological polar surface area (TPSA) is 39.7 Å². The Balaban J connectivity index is 1.49. The van der Waals surface area contributed by atoms with Crippen molar-refractivity contribution in [3.05, 3.63) is 60.2 Å². The van der Waals surface area contributed by atoms with Gasteiger partial charge < -0.3 is 19.4 Å². The van der Waals surface area contributed by atoms with Crippen LogP contribution in [0.5, 0.6) is 11.5 Å². The summed E-state index contributed by atoms with van der Waals surface area (Å²) in [4.78, 5) is 0. The summed E-state index contributed by atoms with van der Waals surface area (Å²) in [7, 11) is -0.0997. The van der Waals surface area contributed by atoms with Crippen LogP contribution in [0.15, 0.2) is 54.6 Å². The van der Waals surface area contributed by atoms with E-state index in [1.165, 1.54) is 5.56 Å². The Morgan fingerprint density at radius 1 is 0.870 bits per heavy atom.